The zero-order valence-electron chi connectivity index (χ0n) is 21.5. The fraction of sp³-hybridized carbons (Fsp3) is 0.308. The summed E-state index contributed by atoms with van der Waals surface area (Å²) in [5, 5.41) is 1.91. The number of halogens is 2. The summed E-state index contributed by atoms with van der Waals surface area (Å²) >= 11 is 0. The molecular formula is C26H29F2N7O3S. The second kappa shape index (κ2) is 11.8. The molecule has 0 saturated carbocycles. The van der Waals surface area contributed by atoms with E-state index in [4.69, 9.17) is 5.73 Å². The predicted molar refractivity (Wildman–Crippen MR) is 143 cm³/mol. The molecule has 4 rings (SSSR count). The Morgan fingerprint density at radius 3 is 2.67 bits per heavy atom. The molecule has 2 atom stereocenters. The maximum absolute atomic E-state index is 14.7. The van der Waals surface area contributed by atoms with Crippen molar-refractivity contribution in [1.82, 2.24) is 19.2 Å². The molecule has 2 aromatic heterocycles. The van der Waals surface area contributed by atoms with Gasteiger partial charge in [-0.25, -0.2) is 31.5 Å². The Hall–Kier alpha value is -3.97. The van der Waals surface area contributed by atoms with Crippen molar-refractivity contribution in [3.63, 3.8) is 0 Å². The molecule has 3 N–H and O–H groups in total. The highest BCUT2D eigenvalue weighted by molar-refractivity contribution is 7.90. The van der Waals surface area contributed by atoms with Gasteiger partial charge in [0.2, 0.25) is 16.0 Å². The van der Waals surface area contributed by atoms with Crippen LogP contribution in [0.5, 0.6) is 0 Å². The van der Waals surface area contributed by atoms with E-state index in [2.05, 4.69) is 25.2 Å². The van der Waals surface area contributed by atoms with Crippen molar-refractivity contribution in [3.05, 3.63) is 89.5 Å². The summed E-state index contributed by atoms with van der Waals surface area (Å²) in [6, 6.07) is 9.12. The molecule has 0 bridgehead atoms. The fourth-order valence-electron chi connectivity index (χ4n) is 4.28. The van der Waals surface area contributed by atoms with Crippen LogP contribution in [0.1, 0.15) is 41.0 Å². The van der Waals surface area contributed by atoms with Crippen LogP contribution in [0.15, 0.2) is 66.0 Å². The third-order valence-electron chi connectivity index (χ3n) is 6.50. The van der Waals surface area contributed by atoms with Crippen molar-refractivity contribution < 1.29 is 22.0 Å². The molecule has 10 nitrogen and oxygen atoms in total. The van der Waals surface area contributed by atoms with Crippen molar-refractivity contribution in [2.45, 2.75) is 31.2 Å². The number of carbonyl (C=O) groups excluding carboxylic acids is 1. The van der Waals surface area contributed by atoms with E-state index in [0.29, 0.717) is 26.1 Å². The van der Waals surface area contributed by atoms with Crippen molar-refractivity contribution in [1.29, 1.82) is 0 Å². The Bertz CT molecular complexity index is 1450. The molecule has 206 valence electrons. The fourth-order valence-corrected chi connectivity index (χ4v) is 5.84. The lowest BCUT2D eigenvalue weighted by Crippen LogP contribution is -2.44. The first-order valence-corrected chi connectivity index (χ1v) is 13.7. The SMILES string of the molecule is C[C@@H](N=C(N)N(C)S(=O)(=O)[C@H]1CCN(Cc2ccncc2)C1)c1cc(NC(=O)c2ccc(F)cn2)ccc1F. The number of nitrogens with one attached hydrogen (secondary N) is 1. The molecule has 1 aliphatic heterocycles. The number of rotatable bonds is 8. The quantitative estimate of drug-likeness (QED) is 0.321. The molecule has 1 fully saturated rings. The van der Waals surface area contributed by atoms with Gasteiger partial charge in [0, 0.05) is 43.8 Å². The molecular weight excluding hydrogens is 528 g/mol. The average Bonchev–Trinajstić information content (AvgIpc) is 3.39. The topological polar surface area (TPSA) is 134 Å². The number of amides is 1. The van der Waals surface area contributed by atoms with E-state index in [1.165, 1.54) is 25.2 Å². The van der Waals surface area contributed by atoms with Crippen LogP contribution < -0.4 is 11.1 Å². The maximum atomic E-state index is 14.7. The monoisotopic (exact) mass is 557 g/mol. The number of likely N-dealkylation sites (tertiary alicyclic amines) is 1. The summed E-state index contributed by atoms with van der Waals surface area (Å²) in [6.45, 7) is 3.13. The van der Waals surface area contributed by atoms with E-state index in [-0.39, 0.29) is 22.9 Å². The van der Waals surface area contributed by atoms with Gasteiger partial charge >= 0.3 is 0 Å². The number of aromatic nitrogens is 2. The molecule has 1 aromatic carbocycles. The maximum Gasteiger partial charge on any atom is 0.274 e. The minimum absolute atomic E-state index is 0.0179. The number of hydrogen-bond donors (Lipinski definition) is 2. The Morgan fingerprint density at radius 1 is 1.23 bits per heavy atom. The Kier molecular flexibility index (Phi) is 8.51. The molecule has 39 heavy (non-hydrogen) atoms. The second-order valence-electron chi connectivity index (χ2n) is 9.23. The smallest absolute Gasteiger partial charge is 0.274 e. The third-order valence-corrected chi connectivity index (χ3v) is 8.68. The van der Waals surface area contributed by atoms with Gasteiger partial charge in [-0.15, -0.1) is 0 Å². The normalized spacial score (nSPS) is 17.1. The minimum atomic E-state index is -3.82. The summed E-state index contributed by atoms with van der Waals surface area (Å²) in [6.07, 6.45) is 4.75. The van der Waals surface area contributed by atoms with Crippen LogP contribution in [0.3, 0.4) is 0 Å². The largest absolute Gasteiger partial charge is 0.369 e. The predicted octanol–water partition coefficient (Wildman–Crippen LogP) is 2.92. The van der Waals surface area contributed by atoms with E-state index in [0.717, 1.165) is 28.2 Å². The Morgan fingerprint density at radius 2 is 1.97 bits per heavy atom. The van der Waals surface area contributed by atoms with Gasteiger partial charge in [-0.1, -0.05) is 0 Å². The van der Waals surface area contributed by atoms with Gasteiger partial charge < -0.3 is 11.1 Å². The summed E-state index contributed by atoms with van der Waals surface area (Å²) in [5.74, 6) is -2.07. The second-order valence-corrected chi connectivity index (χ2v) is 11.5. The number of nitrogens with zero attached hydrogens (tertiary/aromatic N) is 5. The van der Waals surface area contributed by atoms with Crippen molar-refractivity contribution in [3.8, 4) is 0 Å². The number of aliphatic imine (C=N–C) groups is 1. The van der Waals surface area contributed by atoms with Crippen LogP contribution in [0, 0.1) is 11.6 Å². The molecule has 0 spiro atoms. The molecule has 0 unspecified atom stereocenters. The summed E-state index contributed by atoms with van der Waals surface area (Å²) in [7, 11) is -2.49. The lowest BCUT2D eigenvalue weighted by molar-refractivity contribution is 0.102. The molecule has 0 aliphatic carbocycles. The van der Waals surface area contributed by atoms with Crippen molar-refractivity contribution in [2.24, 2.45) is 10.7 Å². The van der Waals surface area contributed by atoms with E-state index in [9.17, 15) is 22.0 Å². The van der Waals surface area contributed by atoms with Crippen LogP contribution in [-0.2, 0) is 16.6 Å². The van der Waals surface area contributed by atoms with Gasteiger partial charge in [0.05, 0.1) is 17.5 Å². The van der Waals surface area contributed by atoms with Crippen LogP contribution in [0.25, 0.3) is 0 Å². The highest BCUT2D eigenvalue weighted by atomic mass is 32.2. The Labute approximate surface area is 225 Å². The van der Waals surface area contributed by atoms with Gasteiger partial charge in [-0.2, -0.15) is 0 Å². The molecule has 13 heteroatoms. The molecule has 1 saturated heterocycles. The first-order chi connectivity index (χ1) is 18.5. The summed E-state index contributed by atoms with van der Waals surface area (Å²) in [4.78, 5) is 26.4. The number of pyridine rings is 2. The number of sulfonamides is 1. The van der Waals surface area contributed by atoms with Crippen LogP contribution in [-0.4, -0.2) is 64.8 Å². The number of anilines is 1. The van der Waals surface area contributed by atoms with Crippen LogP contribution >= 0.6 is 0 Å². The lowest BCUT2D eigenvalue weighted by Gasteiger charge is -2.24. The van der Waals surface area contributed by atoms with Gasteiger partial charge in [-0.3, -0.25) is 14.7 Å². The molecule has 3 aromatic rings. The Balaban J connectivity index is 1.43. The van der Waals surface area contributed by atoms with E-state index < -0.39 is 38.9 Å². The van der Waals surface area contributed by atoms with E-state index in [1.807, 2.05) is 12.1 Å². The van der Waals surface area contributed by atoms with Gasteiger partial charge in [0.1, 0.15) is 17.3 Å². The lowest BCUT2D eigenvalue weighted by atomic mass is 10.1. The van der Waals surface area contributed by atoms with Crippen LogP contribution in [0.4, 0.5) is 14.5 Å². The van der Waals surface area contributed by atoms with E-state index in [1.54, 1.807) is 19.3 Å². The molecule has 1 amide bonds. The summed E-state index contributed by atoms with van der Waals surface area (Å²) in [5.41, 5.74) is 7.44. The van der Waals surface area contributed by atoms with Crippen molar-refractivity contribution >= 4 is 27.6 Å². The first kappa shape index (κ1) is 28.0. The number of hydrogen-bond acceptors (Lipinski definition) is 7. The molecule has 1 aliphatic rings. The van der Waals surface area contributed by atoms with Gasteiger partial charge in [-0.05, 0) is 67.9 Å². The zero-order chi connectivity index (χ0) is 28.2. The third kappa shape index (κ3) is 6.73. The average molecular weight is 558 g/mol. The highest BCUT2D eigenvalue weighted by Gasteiger charge is 2.36. The molecule has 3 heterocycles. The molecule has 0 radical (unpaired) electrons. The van der Waals surface area contributed by atoms with Gasteiger partial charge in [0.15, 0.2) is 0 Å². The number of guanidine groups is 1. The number of carbonyl (C=O) groups is 1. The number of benzene rings is 1. The van der Waals surface area contributed by atoms with Crippen LogP contribution in [0.2, 0.25) is 0 Å². The highest BCUT2D eigenvalue weighted by Crippen LogP contribution is 2.26. The van der Waals surface area contributed by atoms with Gasteiger partial charge in [0.25, 0.3) is 5.91 Å². The summed E-state index contributed by atoms with van der Waals surface area (Å²) < 4.78 is 55.2. The van der Waals surface area contributed by atoms with E-state index >= 15 is 0 Å². The minimum Gasteiger partial charge on any atom is -0.369 e. The zero-order valence-corrected chi connectivity index (χ0v) is 22.3. The first-order valence-electron chi connectivity index (χ1n) is 12.2. The number of nitrogens with two attached hydrogens (primary N) is 1. The van der Waals surface area contributed by atoms with Crippen molar-refractivity contribution in [2.75, 3.05) is 25.5 Å². The standard InChI is InChI=1S/C26H29F2N7O3S/c1-17(22-13-20(4-5-23(22)28)33-25(36)24-6-3-19(27)14-31-24)32-26(29)34(2)39(37,38)21-9-12-35(16-21)15-18-7-10-30-11-8-18/h3-8,10-11,13-14,17,21H,9,12,15-16H2,1-2H3,(H2,29,32)(H,33,36)/t17-,21+/m1/s1.